The number of hydrogen-bond acceptors (Lipinski definition) is 5. The maximum atomic E-state index is 13.8. The first-order valence-electron chi connectivity index (χ1n) is 10.3. The highest BCUT2D eigenvalue weighted by Gasteiger charge is 2.26. The summed E-state index contributed by atoms with van der Waals surface area (Å²) >= 11 is 6.06. The zero-order valence-electron chi connectivity index (χ0n) is 18.0. The summed E-state index contributed by atoms with van der Waals surface area (Å²) in [7, 11) is 1.61. The highest BCUT2D eigenvalue weighted by Crippen LogP contribution is 2.33. The Morgan fingerprint density at radius 3 is 2.70 bits per heavy atom. The number of nitrogens with one attached hydrogen (secondary N) is 1. The van der Waals surface area contributed by atoms with Crippen molar-refractivity contribution in [3.63, 3.8) is 0 Å². The summed E-state index contributed by atoms with van der Waals surface area (Å²) in [6, 6.07) is 17.1. The van der Waals surface area contributed by atoms with Crippen LogP contribution < -0.4 is 4.74 Å². The lowest BCUT2D eigenvalue weighted by atomic mass is 10.0. The fourth-order valence-electron chi connectivity index (χ4n) is 4.07. The van der Waals surface area contributed by atoms with Gasteiger partial charge in [0.25, 0.3) is 0 Å². The van der Waals surface area contributed by atoms with Gasteiger partial charge in [0.15, 0.2) is 5.69 Å². The first kappa shape index (κ1) is 20.9. The van der Waals surface area contributed by atoms with Crippen LogP contribution in [-0.2, 0) is 6.54 Å². The Morgan fingerprint density at radius 1 is 1.15 bits per heavy atom. The van der Waals surface area contributed by atoms with Crippen molar-refractivity contribution in [2.75, 3.05) is 7.11 Å². The number of fused-ring (bicyclic) bond motifs is 1. The molecule has 1 N–H and O–H groups in total. The van der Waals surface area contributed by atoms with Gasteiger partial charge in [0.05, 0.1) is 18.4 Å². The highest BCUT2D eigenvalue weighted by molar-refractivity contribution is 6.30. The molecule has 8 heteroatoms. The van der Waals surface area contributed by atoms with Gasteiger partial charge in [-0.25, -0.2) is 0 Å². The number of halogens is 1. The Hall–Kier alpha value is -3.97. The lowest BCUT2D eigenvalue weighted by Gasteiger charge is -2.09. The maximum absolute atomic E-state index is 13.8. The van der Waals surface area contributed by atoms with E-state index in [0.717, 1.165) is 27.7 Å². The topological polar surface area (TPSA) is 85.7 Å². The van der Waals surface area contributed by atoms with Crippen LogP contribution in [0, 0.1) is 6.92 Å². The minimum Gasteiger partial charge on any atom is -0.497 e. The summed E-state index contributed by atoms with van der Waals surface area (Å²) in [4.78, 5) is 18.0. The zero-order chi connectivity index (χ0) is 22.9. The number of aromatic amines is 1. The van der Waals surface area contributed by atoms with E-state index in [1.807, 2.05) is 55.5 Å². The number of pyridine rings is 1. The largest absolute Gasteiger partial charge is 0.497 e. The molecular formula is C25H20ClN5O2. The van der Waals surface area contributed by atoms with E-state index < -0.39 is 0 Å². The highest BCUT2D eigenvalue weighted by atomic mass is 35.5. The molecule has 3 heterocycles. The molecule has 0 bridgehead atoms. The molecule has 0 spiro atoms. The van der Waals surface area contributed by atoms with Crippen molar-refractivity contribution in [1.82, 2.24) is 25.0 Å². The Balaban J connectivity index is 1.67. The molecule has 0 aliphatic rings. The van der Waals surface area contributed by atoms with E-state index in [9.17, 15) is 4.79 Å². The predicted molar refractivity (Wildman–Crippen MR) is 127 cm³/mol. The van der Waals surface area contributed by atoms with E-state index >= 15 is 0 Å². The number of carbonyl (C=O) groups excluding carboxylic acids is 1. The quantitative estimate of drug-likeness (QED) is 0.360. The molecule has 164 valence electrons. The Bertz CT molecular complexity index is 1460. The van der Waals surface area contributed by atoms with Crippen LogP contribution in [0.3, 0.4) is 0 Å². The fourth-order valence-corrected chi connectivity index (χ4v) is 4.19. The molecule has 0 amide bonds. The standard InChI is InChI=1S/C25H20ClN5O2/c1-15-22(25(32)24-23(28-30-29-24)17-4-3-11-27-13-17)20-12-19(33-2)9-10-21(20)31(15)14-16-5-7-18(26)8-6-16/h3-13H,14H2,1-2H3,(H,28,29,30). The SMILES string of the molecule is COc1ccc2c(c1)c(C(=O)c1nn[nH]c1-c1cccnc1)c(C)n2Cc1ccc(Cl)cc1. The Kier molecular flexibility index (Phi) is 5.40. The van der Waals surface area contributed by atoms with Crippen LogP contribution >= 0.6 is 11.6 Å². The van der Waals surface area contributed by atoms with Crippen molar-refractivity contribution in [3.8, 4) is 17.0 Å². The molecule has 5 rings (SSSR count). The average molecular weight is 458 g/mol. The predicted octanol–water partition coefficient (Wildman–Crippen LogP) is 5.07. The van der Waals surface area contributed by atoms with Gasteiger partial charge in [-0.1, -0.05) is 28.9 Å². The monoisotopic (exact) mass is 457 g/mol. The van der Waals surface area contributed by atoms with Crippen LogP contribution in [0.25, 0.3) is 22.2 Å². The van der Waals surface area contributed by atoms with E-state index in [4.69, 9.17) is 16.3 Å². The number of aromatic nitrogens is 5. The van der Waals surface area contributed by atoms with Crippen molar-refractivity contribution in [2.24, 2.45) is 0 Å². The number of methoxy groups -OCH3 is 1. The van der Waals surface area contributed by atoms with E-state index in [1.54, 1.807) is 25.6 Å². The lowest BCUT2D eigenvalue weighted by Crippen LogP contribution is -2.08. The van der Waals surface area contributed by atoms with Gasteiger partial charge >= 0.3 is 0 Å². The molecule has 0 fully saturated rings. The van der Waals surface area contributed by atoms with Gasteiger partial charge in [-0.15, -0.1) is 5.10 Å². The Labute approximate surface area is 195 Å². The second kappa shape index (κ2) is 8.52. The number of H-pyrrole nitrogens is 1. The van der Waals surface area contributed by atoms with Crippen LogP contribution in [0.5, 0.6) is 5.75 Å². The molecule has 0 aliphatic heterocycles. The maximum Gasteiger partial charge on any atom is 0.217 e. The molecule has 0 unspecified atom stereocenters. The third kappa shape index (κ3) is 3.76. The first-order chi connectivity index (χ1) is 16.1. The molecule has 0 saturated carbocycles. The van der Waals surface area contributed by atoms with Gasteiger partial charge in [0.1, 0.15) is 5.75 Å². The van der Waals surface area contributed by atoms with Crippen molar-refractivity contribution in [2.45, 2.75) is 13.5 Å². The van der Waals surface area contributed by atoms with E-state index in [0.29, 0.717) is 28.6 Å². The van der Waals surface area contributed by atoms with Crippen molar-refractivity contribution in [3.05, 3.63) is 94.5 Å². The van der Waals surface area contributed by atoms with Gasteiger partial charge in [-0.3, -0.25) is 14.9 Å². The van der Waals surface area contributed by atoms with E-state index in [2.05, 4.69) is 25.0 Å². The van der Waals surface area contributed by atoms with Gasteiger partial charge in [-0.2, -0.15) is 0 Å². The number of nitrogens with zero attached hydrogens (tertiary/aromatic N) is 4. The van der Waals surface area contributed by atoms with Gasteiger partial charge in [0.2, 0.25) is 5.78 Å². The smallest absolute Gasteiger partial charge is 0.217 e. The normalized spacial score (nSPS) is 11.1. The number of ketones is 1. The summed E-state index contributed by atoms with van der Waals surface area (Å²) in [6.45, 7) is 2.53. The third-order valence-electron chi connectivity index (χ3n) is 5.73. The number of rotatable bonds is 6. The Morgan fingerprint density at radius 2 is 1.97 bits per heavy atom. The molecule has 2 aromatic carbocycles. The molecule has 7 nitrogen and oxygen atoms in total. The summed E-state index contributed by atoms with van der Waals surface area (Å²) in [5.41, 5.74) is 4.93. The van der Waals surface area contributed by atoms with Gasteiger partial charge in [-0.05, 0) is 55.0 Å². The minimum atomic E-state index is -0.215. The minimum absolute atomic E-state index is 0.215. The van der Waals surface area contributed by atoms with Crippen LogP contribution in [0.15, 0.2) is 67.0 Å². The summed E-state index contributed by atoms with van der Waals surface area (Å²) in [5, 5.41) is 12.4. The lowest BCUT2D eigenvalue weighted by molar-refractivity contribution is 0.103. The van der Waals surface area contributed by atoms with Crippen LogP contribution in [0.1, 0.15) is 27.3 Å². The second-order valence-electron chi connectivity index (χ2n) is 7.66. The van der Waals surface area contributed by atoms with Gasteiger partial charge < -0.3 is 9.30 Å². The molecule has 3 aromatic heterocycles. The summed E-state index contributed by atoms with van der Waals surface area (Å²) in [5.74, 6) is 0.459. The molecule has 0 aliphatic carbocycles. The fraction of sp³-hybridized carbons (Fsp3) is 0.120. The zero-order valence-corrected chi connectivity index (χ0v) is 18.8. The molecule has 0 radical (unpaired) electrons. The van der Waals surface area contributed by atoms with E-state index in [1.165, 1.54) is 0 Å². The third-order valence-corrected chi connectivity index (χ3v) is 5.98. The van der Waals surface area contributed by atoms with Crippen LogP contribution in [0.4, 0.5) is 0 Å². The number of benzene rings is 2. The first-order valence-corrected chi connectivity index (χ1v) is 10.7. The summed E-state index contributed by atoms with van der Waals surface area (Å²) < 4.78 is 7.56. The van der Waals surface area contributed by atoms with Crippen molar-refractivity contribution < 1.29 is 9.53 Å². The van der Waals surface area contributed by atoms with Gasteiger partial charge in [0, 0.05) is 46.1 Å². The summed E-state index contributed by atoms with van der Waals surface area (Å²) in [6.07, 6.45) is 3.35. The van der Waals surface area contributed by atoms with E-state index in [-0.39, 0.29) is 11.5 Å². The number of hydrogen-bond donors (Lipinski definition) is 1. The number of ether oxygens (including phenoxy) is 1. The van der Waals surface area contributed by atoms with Crippen LogP contribution in [-0.4, -0.2) is 37.9 Å². The van der Waals surface area contributed by atoms with Crippen molar-refractivity contribution in [1.29, 1.82) is 0 Å². The molecule has 5 aromatic rings. The average Bonchev–Trinajstić information content (AvgIpc) is 3.44. The molecular weight excluding hydrogens is 438 g/mol. The molecule has 0 saturated heterocycles. The molecule has 33 heavy (non-hydrogen) atoms. The number of carbonyl (C=O) groups is 1. The van der Waals surface area contributed by atoms with Crippen LogP contribution in [0.2, 0.25) is 5.02 Å². The van der Waals surface area contributed by atoms with Crippen molar-refractivity contribution >= 4 is 28.3 Å². The molecule has 0 atom stereocenters. The second-order valence-corrected chi connectivity index (χ2v) is 8.10.